The van der Waals surface area contributed by atoms with Crippen molar-refractivity contribution in [2.24, 2.45) is 5.92 Å². The molecule has 0 aromatic heterocycles. The zero-order valence-corrected chi connectivity index (χ0v) is 19.3. The average Bonchev–Trinajstić information content (AvgIpc) is 2.75. The molecular formula is C23H27F3N2O4S. The van der Waals surface area contributed by atoms with Crippen molar-refractivity contribution in [1.29, 1.82) is 0 Å². The van der Waals surface area contributed by atoms with Crippen LogP contribution in [0.2, 0.25) is 0 Å². The van der Waals surface area contributed by atoms with E-state index in [1.807, 2.05) is 32.0 Å². The number of nitrogens with one attached hydrogen (secondary N) is 1. The van der Waals surface area contributed by atoms with Crippen LogP contribution >= 0.6 is 0 Å². The number of benzene rings is 2. The first-order valence-corrected chi connectivity index (χ1v) is 12.1. The number of ether oxygens (including phenoxy) is 1. The number of sulfonamides is 1. The summed E-state index contributed by atoms with van der Waals surface area (Å²) in [7, 11) is -4.32. The van der Waals surface area contributed by atoms with Crippen molar-refractivity contribution in [2.75, 3.05) is 26.2 Å². The molecule has 3 rings (SSSR count). The number of nitrogens with zero attached hydrogens (tertiary/aromatic N) is 1. The fraction of sp³-hybridized carbons (Fsp3) is 0.435. The van der Waals surface area contributed by atoms with E-state index in [0.29, 0.717) is 6.54 Å². The van der Waals surface area contributed by atoms with Crippen LogP contribution in [0.25, 0.3) is 0 Å². The van der Waals surface area contributed by atoms with Crippen molar-refractivity contribution in [3.05, 3.63) is 59.2 Å². The van der Waals surface area contributed by atoms with Gasteiger partial charge in [0.05, 0.1) is 17.0 Å². The highest BCUT2D eigenvalue weighted by Gasteiger charge is 2.40. The molecule has 2 aromatic carbocycles. The van der Waals surface area contributed by atoms with Gasteiger partial charge in [-0.05, 0) is 62.1 Å². The number of piperidine rings is 1. The predicted octanol–water partition coefficient (Wildman–Crippen LogP) is 3.92. The van der Waals surface area contributed by atoms with E-state index in [1.165, 1.54) is 6.07 Å². The summed E-state index contributed by atoms with van der Waals surface area (Å²) < 4.78 is 72.1. The molecule has 0 saturated carbocycles. The number of carbonyl (C=O) groups excluding carboxylic acids is 1. The maximum Gasteiger partial charge on any atom is 0.417 e. The van der Waals surface area contributed by atoms with Crippen LogP contribution in [0.1, 0.15) is 29.5 Å². The lowest BCUT2D eigenvalue weighted by molar-refractivity contribution is -0.139. The second-order valence-electron chi connectivity index (χ2n) is 8.14. The van der Waals surface area contributed by atoms with Crippen LogP contribution in [-0.2, 0) is 21.0 Å². The summed E-state index contributed by atoms with van der Waals surface area (Å²) in [6.45, 7) is 4.47. The Morgan fingerprint density at radius 2 is 1.70 bits per heavy atom. The molecule has 2 aromatic rings. The van der Waals surface area contributed by atoms with Crippen molar-refractivity contribution >= 4 is 15.9 Å². The molecule has 180 valence electrons. The molecule has 6 nitrogen and oxygen atoms in total. The molecule has 0 radical (unpaired) electrons. The second-order valence-corrected chi connectivity index (χ2v) is 10.0. The number of amides is 1. The Kier molecular flexibility index (Phi) is 7.69. The highest BCUT2D eigenvalue weighted by molar-refractivity contribution is 7.89. The molecule has 1 aliphatic rings. The SMILES string of the molecule is Cc1cc(C)cc(OCCNC(=O)C2CCN(S(=O)(=O)c3ccccc3C(F)(F)F)CC2)c1. The number of carbonyl (C=O) groups is 1. The van der Waals surface area contributed by atoms with Gasteiger partial charge in [-0.2, -0.15) is 17.5 Å². The van der Waals surface area contributed by atoms with E-state index in [4.69, 9.17) is 4.74 Å². The van der Waals surface area contributed by atoms with Crippen LogP contribution < -0.4 is 10.1 Å². The van der Waals surface area contributed by atoms with Crippen LogP contribution in [0.4, 0.5) is 13.2 Å². The molecular weight excluding hydrogens is 457 g/mol. The summed E-state index contributed by atoms with van der Waals surface area (Å²) in [5.74, 6) is 0.0988. The molecule has 1 aliphatic heterocycles. The maximum atomic E-state index is 13.3. The molecule has 0 aliphatic carbocycles. The predicted molar refractivity (Wildman–Crippen MR) is 117 cm³/mol. The molecule has 33 heavy (non-hydrogen) atoms. The number of aryl methyl sites for hydroxylation is 2. The first-order chi connectivity index (χ1) is 15.5. The lowest BCUT2D eigenvalue weighted by atomic mass is 9.97. The van der Waals surface area contributed by atoms with Crippen molar-refractivity contribution in [1.82, 2.24) is 9.62 Å². The Morgan fingerprint density at radius 1 is 1.09 bits per heavy atom. The molecule has 1 fully saturated rings. The quantitative estimate of drug-likeness (QED) is 0.605. The monoisotopic (exact) mass is 484 g/mol. The zero-order chi connectivity index (χ0) is 24.2. The Hall–Kier alpha value is -2.59. The number of rotatable bonds is 7. The average molecular weight is 485 g/mol. The van der Waals surface area contributed by atoms with Crippen LogP contribution in [0, 0.1) is 19.8 Å². The van der Waals surface area contributed by atoms with Gasteiger partial charge in [-0.3, -0.25) is 4.79 Å². The molecule has 10 heteroatoms. The van der Waals surface area contributed by atoms with Crippen LogP contribution in [0.3, 0.4) is 0 Å². The van der Waals surface area contributed by atoms with Gasteiger partial charge < -0.3 is 10.1 Å². The Morgan fingerprint density at radius 3 is 2.30 bits per heavy atom. The highest BCUT2D eigenvalue weighted by atomic mass is 32.2. The van der Waals surface area contributed by atoms with E-state index in [-0.39, 0.29) is 38.4 Å². The Labute approximate surface area is 191 Å². The van der Waals surface area contributed by atoms with Crippen LogP contribution in [0.15, 0.2) is 47.4 Å². The van der Waals surface area contributed by atoms with Gasteiger partial charge in [0.1, 0.15) is 12.4 Å². The molecule has 1 amide bonds. The number of alkyl halides is 3. The van der Waals surface area contributed by atoms with E-state index < -0.39 is 32.6 Å². The van der Waals surface area contributed by atoms with Gasteiger partial charge in [0.25, 0.3) is 0 Å². The minimum Gasteiger partial charge on any atom is -0.492 e. The summed E-state index contributed by atoms with van der Waals surface area (Å²) >= 11 is 0. The molecule has 1 saturated heterocycles. The second kappa shape index (κ2) is 10.1. The minimum absolute atomic E-state index is 0.0221. The van der Waals surface area contributed by atoms with Gasteiger partial charge in [-0.25, -0.2) is 8.42 Å². The van der Waals surface area contributed by atoms with Gasteiger partial charge >= 0.3 is 6.18 Å². The van der Waals surface area contributed by atoms with Gasteiger partial charge in [0, 0.05) is 19.0 Å². The smallest absolute Gasteiger partial charge is 0.417 e. The molecule has 0 spiro atoms. The standard InChI is InChI=1S/C23H27F3N2O4S/c1-16-13-17(2)15-19(14-16)32-12-9-27-22(29)18-7-10-28(11-8-18)33(30,31)21-6-4-3-5-20(21)23(24,25)26/h3-6,13-15,18H,7-12H2,1-2H3,(H,27,29). The third-order valence-electron chi connectivity index (χ3n) is 5.50. The van der Waals surface area contributed by atoms with E-state index >= 15 is 0 Å². The van der Waals surface area contributed by atoms with E-state index in [2.05, 4.69) is 5.32 Å². The lowest BCUT2D eigenvalue weighted by Gasteiger charge is -2.31. The molecule has 0 bridgehead atoms. The van der Waals surface area contributed by atoms with Crippen LogP contribution in [0.5, 0.6) is 5.75 Å². The van der Waals surface area contributed by atoms with Gasteiger partial charge in [-0.1, -0.05) is 18.2 Å². The maximum absolute atomic E-state index is 13.3. The fourth-order valence-electron chi connectivity index (χ4n) is 3.93. The van der Waals surface area contributed by atoms with E-state index in [9.17, 15) is 26.4 Å². The largest absolute Gasteiger partial charge is 0.492 e. The fourth-order valence-corrected chi connectivity index (χ4v) is 5.61. The zero-order valence-electron chi connectivity index (χ0n) is 18.5. The topological polar surface area (TPSA) is 75.7 Å². The number of halogens is 3. The molecule has 1 N–H and O–H groups in total. The third-order valence-corrected chi connectivity index (χ3v) is 7.46. The Balaban J connectivity index is 1.51. The van der Waals surface area contributed by atoms with Crippen molar-refractivity contribution in [2.45, 2.75) is 37.8 Å². The number of hydrogen-bond donors (Lipinski definition) is 1. The van der Waals surface area contributed by atoms with Gasteiger partial charge in [0.15, 0.2) is 0 Å². The lowest BCUT2D eigenvalue weighted by Crippen LogP contribution is -2.43. The third kappa shape index (κ3) is 6.26. The summed E-state index contributed by atoms with van der Waals surface area (Å²) in [4.78, 5) is 11.7. The first kappa shape index (κ1) is 25.0. The summed E-state index contributed by atoms with van der Waals surface area (Å²) in [5.41, 5.74) is 0.968. The van der Waals surface area contributed by atoms with Gasteiger partial charge in [-0.15, -0.1) is 0 Å². The minimum atomic E-state index is -4.78. The van der Waals surface area contributed by atoms with Gasteiger partial charge in [0.2, 0.25) is 15.9 Å². The first-order valence-electron chi connectivity index (χ1n) is 10.6. The molecule has 0 atom stereocenters. The summed E-state index contributed by atoms with van der Waals surface area (Å²) in [5, 5.41) is 2.79. The van der Waals surface area contributed by atoms with Crippen molar-refractivity contribution in [3.8, 4) is 5.75 Å². The van der Waals surface area contributed by atoms with Crippen LogP contribution in [-0.4, -0.2) is 44.9 Å². The van der Waals surface area contributed by atoms with E-state index in [0.717, 1.165) is 39.4 Å². The summed E-state index contributed by atoms with van der Waals surface area (Å²) in [6.07, 6.45) is -4.31. The van der Waals surface area contributed by atoms with E-state index in [1.54, 1.807) is 0 Å². The van der Waals surface area contributed by atoms with Crippen molar-refractivity contribution < 1.29 is 31.1 Å². The molecule has 0 unspecified atom stereocenters. The summed E-state index contributed by atoms with van der Waals surface area (Å²) in [6, 6.07) is 9.98. The van der Waals surface area contributed by atoms with Crippen molar-refractivity contribution in [3.63, 3.8) is 0 Å². The number of hydrogen-bond acceptors (Lipinski definition) is 4. The Bertz CT molecular complexity index is 1070. The molecule has 1 heterocycles. The normalized spacial score (nSPS) is 15.9. The highest BCUT2D eigenvalue weighted by Crippen LogP contribution is 2.36.